The quantitative estimate of drug-likeness (QED) is 0.146. The van der Waals surface area contributed by atoms with Gasteiger partial charge in [0.05, 0.1) is 0 Å². The van der Waals surface area contributed by atoms with Crippen LogP contribution in [0.2, 0.25) is 0 Å². The number of benzene rings is 4. The minimum Gasteiger partial charge on any atom is -0.479 e. The molecule has 1 aromatic heterocycles. The molecule has 2 aliphatic heterocycles. The molecule has 0 unspecified atom stereocenters. The Labute approximate surface area is 295 Å². The maximum absolute atomic E-state index is 14.6. The minimum absolute atomic E-state index is 0.0354. The van der Waals surface area contributed by atoms with Gasteiger partial charge in [0.25, 0.3) is 5.91 Å². The molecule has 5 aromatic rings. The van der Waals surface area contributed by atoms with E-state index < -0.39 is 53.8 Å². The second-order valence-corrected chi connectivity index (χ2v) is 12.4. The van der Waals surface area contributed by atoms with Gasteiger partial charge in [-0.15, -0.1) is 0 Å². The Morgan fingerprint density at radius 3 is 2.33 bits per heavy atom. The normalized spacial score (nSPS) is 18.8. The monoisotopic (exact) mass is 708 g/mol. The summed E-state index contributed by atoms with van der Waals surface area (Å²) in [5, 5.41) is 31.4. The molecule has 0 saturated carbocycles. The van der Waals surface area contributed by atoms with Crippen molar-refractivity contribution >= 4 is 51.8 Å². The van der Waals surface area contributed by atoms with Crippen LogP contribution in [0.1, 0.15) is 36.3 Å². The number of aromatic nitrogens is 1. The van der Waals surface area contributed by atoms with Crippen LogP contribution in [0.4, 0.5) is 0 Å². The SMILES string of the molecule is C[C@@H]([C@@H](C/C=C/c1nc2ccccc2o1)c1ccc2c(c1)OCO2)N(Cc1ccc2ccccc2c1)C(=O)[C@H]1OC(C(=O)O)(C(=O)O)O[C@@H]1C(=O)O. The Bertz CT molecular complexity index is 2180. The number of carbonyl (C=O) groups is 4. The fourth-order valence-corrected chi connectivity index (χ4v) is 6.53. The first-order valence-electron chi connectivity index (χ1n) is 16.3. The number of para-hydroxylation sites is 2. The Morgan fingerprint density at radius 1 is 0.865 bits per heavy atom. The molecule has 0 radical (unpaired) electrons. The lowest BCUT2D eigenvalue weighted by molar-refractivity contribution is -0.221. The van der Waals surface area contributed by atoms with E-state index in [-0.39, 0.29) is 13.3 Å². The van der Waals surface area contributed by atoms with Crippen LogP contribution in [0.5, 0.6) is 11.5 Å². The third kappa shape index (κ3) is 6.40. The lowest BCUT2D eigenvalue weighted by Crippen LogP contribution is -2.51. The highest BCUT2D eigenvalue weighted by atomic mass is 16.8. The summed E-state index contributed by atoms with van der Waals surface area (Å²) in [6.07, 6.45) is -0.511. The van der Waals surface area contributed by atoms with Crippen LogP contribution < -0.4 is 9.47 Å². The van der Waals surface area contributed by atoms with Crippen molar-refractivity contribution in [3.8, 4) is 11.5 Å². The fourth-order valence-electron chi connectivity index (χ4n) is 6.53. The van der Waals surface area contributed by atoms with Gasteiger partial charge in [-0.25, -0.2) is 19.4 Å². The van der Waals surface area contributed by atoms with Crippen molar-refractivity contribution < 1.29 is 57.9 Å². The van der Waals surface area contributed by atoms with Gasteiger partial charge in [0.1, 0.15) is 5.52 Å². The number of carboxylic acid groups (broad SMARTS) is 3. The molecule has 7 rings (SSSR count). The number of allylic oxidation sites excluding steroid dienone is 1. The molecule has 3 heterocycles. The lowest BCUT2D eigenvalue weighted by atomic mass is 9.87. The van der Waals surface area contributed by atoms with E-state index in [1.165, 1.54) is 4.90 Å². The fraction of sp³-hybridized carbons (Fsp3) is 0.237. The van der Waals surface area contributed by atoms with Crippen LogP contribution in [0, 0.1) is 0 Å². The average Bonchev–Trinajstić information content (AvgIpc) is 3.89. The zero-order valence-electron chi connectivity index (χ0n) is 27.6. The summed E-state index contributed by atoms with van der Waals surface area (Å²) in [4.78, 5) is 57.0. The summed E-state index contributed by atoms with van der Waals surface area (Å²) < 4.78 is 27.3. The highest BCUT2D eigenvalue weighted by molar-refractivity contribution is 6.02. The van der Waals surface area contributed by atoms with Gasteiger partial charge in [0, 0.05) is 18.5 Å². The highest BCUT2D eigenvalue weighted by Gasteiger charge is 2.64. The number of carbonyl (C=O) groups excluding carboxylic acids is 1. The van der Waals surface area contributed by atoms with Gasteiger partial charge in [-0.3, -0.25) is 4.79 Å². The summed E-state index contributed by atoms with van der Waals surface area (Å²) in [6, 6.07) is 25.1. The molecule has 3 N–H and O–H groups in total. The molecule has 1 amide bonds. The molecule has 14 heteroatoms. The second-order valence-electron chi connectivity index (χ2n) is 12.4. The predicted octanol–water partition coefficient (Wildman–Crippen LogP) is 5.05. The molecule has 2 aliphatic rings. The zero-order valence-corrected chi connectivity index (χ0v) is 27.6. The number of fused-ring (bicyclic) bond motifs is 3. The van der Waals surface area contributed by atoms with Crippen molar-refractivity contribution in [1.82, 2.24) is 9.88 Å². The second kappa shape index (κ2) is 13.8. The van der Waals surface area contributed by atoms with E-state index in [4.69, 9.17) is 23.4 Å². The maximum Gasteiger partial charge on any atom is 0.377 e. The van der Waals surface area contributed by atoms with Gasteiger partial charge in [-0.2, -0.15) is 0 Å². The summed E-state index contributed by atoms with van der Waals surface area (Å²) in [6.45, 7) is 1.71. The first-order valence-corrected chi connectivity index (χ1v) is 16.3. The number of hydrogen-bond acceptors (Lipinski definition) is 10. The van der Waals surface area contributed by atoms with E-state index >= 15 is 0 Å². The summed E-state index contributed by atoms with van der Waals surface area (Å²) in [5.74, 6) is -9.50. The van der Waals surface area contributed by atoms with Crippen LogP contribution in [0.3, 0.4) is 0 Å². The Kier molecular flexibility index (Phi) is 9.09. The van der Waals surface area contributed by atoms with Gasteiger partial charge >= 0.3 is 23.7 Å². The number of hydrogen-bond donors (Lipinski definition) is 3. The molecule has 0 bridgehead atoms. The van der Waals surface area contributed by atoms with Crippen molar-refractivity contribution in [2.24, 2.45) is 0 Å². The summed E-state index contributed by atoms with van der Waals surface area (Å²) in [7, 11) is 0. The van der Waals surface area contributed by atoms with E-state index in [9.17, 15) is 34.5 Å². The largest absolute Gasteiger partial charge is 0.479 e. The molecule has 4 atom stereocenters. The Balaban J connectivity index is 1.29. The molecule has 0 aliphatic carbocycles. The molecule has 0 spiro atoms. The van der Waals surface area contributed by atoms with Crippen molar-refractivity contribution in [2.45, 2.75) is 49.8 Å². The van der Waals surface area contributed by atoms with Gasteiger partial charge < -0.3 is 43.6 Å². The first-order chi connectivity index (χ1) is 25.0. The highest BCUT2D eigenvalue weighted by Crippen LogP contribution is 2.39. The van der Waals surface area contributed by atoms with E-state index in [0.29, 0.717) is 40.5 Å². The molecule has 1 fully saturated rings. The van der Waals surface area contributed by atoms with E-state index in [0.717, 1.165) is 16.3 Å². The molecule has 4 aromatic carbocycles. The van der Waals surface area contributed by atoms with E-state index in [1.807, 2.05) is 72.8 Å². The number of ether oxygens (including phenoxy) is 4. The average molecular weight is 709 g/mol. The van der Waals surface area contributed by atoms with Crippen molar-refractivity contribution in [2.75, 3.05) is 6.79 Å². The molecular formula is C38H32N2O12. The lowest BCUT2D eigenvalue weighted by Gasteiger charge is -2.36. The van der Waals surface area contributed by atoms with E-state index in [1.54, 1.807) is 31.2 Å². The number of oxazole rings is 1. The third-order valence-corrected chi connectivity index (χ3v) is 9.22. The maximum atomic E-state index is 14.6. The summed E-state index contributed by atoms with van der Waals surface area (Å²) >= 11 is 0. The standard InChI is InChI=1S/C38H32N2O12/c1-21(26(25-15-16-29-30(18-25)49-20-48-29)9-6-12-31-39-27-10-4-5-11-28(27)50-31)40(19-22-13-14-23-7-2-3-8-24(23)17-22)34(41)32-33(35(42)43)52-38(51-32,36(44)45)37(46)47/h2-8,10-18,21,26,32-33H,9,19-20H2,1H3,(H,42,43)(H,44,45)(H,46,47)/b12-6+/t21-,26+,32-,33-/m0/s1. The van der Waals surface area contributed by atoms with Gasteiger partial charge in [-0.1, -0.05) is 60.7 Å². The van der Waals surface area contributed by atoms with E-state index in [2.05, 4.69) is 4.98 Å². The smallest absolute Gasteiger partial charge is 0.377 e. The predicted molar refractivity (Wildman–Crippen MR) is 182 cm³/mol. The molecule has 1 saturated heterocycles. The molecule has 52 heavy (non-hydrogen) atoms. The number of amides is 1. The molecule has 266 valence electrons. The Morgan fingerprint density at radius 2 is 1.58 bits per heavy atom. The number of carboxylic acids is 3. The molecular weight excluding hydrogens is 676 g/mol. The Hall–Kier alpha value is -6.25. The topological polar surface area (TPSA) is 195 Å². The van der Waals surface area contributed by atoms with Crippen molar-refractivity contribution in [3.05, 3.63) is 108 Å². The number of rotatable bonds is 12. The first kappa shape index (κ1) is 34.2. The van der Waals surface area contributed by atoms with Crippen LogP contribution in [0.15, 0.2) is 95.4 Å². The van der Waals surface area contributed by atoms with Gasteiger partial charge in [0.2, 0.25) is 12.7 Å². The summed E-state index contributed by atoms with van der Waals surface area (Å²) in [5.41, 5.74) is 2.69. The van der Waals surface area contributed by atoms with Crippen LogP contribution in [0.25, 0.3) is 27.9 Å². The molecule has 14 nitrogen and oxygen atoms in total. The zero-order chi connectivity index (χ0) is 36.6. The van der Waals surface area contributed by atoms with Gasteiger partial charge in [0.15, 0.2) is 29.3 Å². The van der Waals surface area contributed by atoms with Crippen LogP contribution >= 0.6 is 0 Å². The van der Waals surface area contributed by atoms with Crippen LogP contribution in [-0.4, -0.2) is 79.8 Å². The van der Waals surface area contributed by atoms with Crippen LogP contribution in [-0.2, 0) is 35.2 Å². The van der Waals surface area contributed by atoms with Crippen molar-refractivity contribution in [1.29, 1.82) is 0 Å². The minimum atomic E-state index is -3.42. The van der Waals surface area contributed by atoms with Crippen molar-refractivity contribution in [3.63, 3.8) is 0 Å². The number of nitrogens with zero attached hydrogens (tertiary/aromatic N) is 2. The third-order valence-electron chi connectivity index (χ3n) is 9.22. The van der Waals surface area contributed by atoms with Gasteiger partial charge in [-0.05, 0) is 71.7 Å². The number of aliphatic carboxylic acids is 3.